The fourth-order valence-electron chi connectivity index (χ4n) is 4.10. The number of nitrogens with zero attached hydrogens (tertiary/aromatic N) is 1. The third kappa shape index (κ3) is 4.33. The summed E-state index contributed by atoms with van der Waals surface area (Å²) in [4.78, 5) is 27.7. The zero-order valence-electron chi connectivity index (χ0n) is 17.8. The number of rotatable bonds is 5. The van der Waals surface area contributed by atoms with Crippen LogP contribution in [0.25, 0.3) is 10.8 Å². The Bertz CT molecular complexity index is 1100. The summed E-state index contributed by atoms with van der Waals surface area (Å²) < 4.78 is 10.6. The molecule has 0 bridgehead atoms. The minimum atomic E-state index is -0.122. The lowest BCUT2D eigenvalue weighted by atomic mass is 9.94. The lowest BCUT2D eigenvalue weighted by Crippen LogP contribution is -2.41. The second kappa shape index (κ2) is 9.08. The molecule has 160 valence electrons. The fourth-order valence-corrected chi connectivity index (χ4v) is 4.10. The Kier molecular flexibility index (Phi) is 6.07. The molecule has 1 fully saturated rings. The van der Waals surface area contributed by atoms with Gasteiger partial charge in [0.1, 0.15) is 11.5 Å². The molecule has 4 rings (SSSR count). The van der Waals surface area contributed by atoms with Gasteiger partial charge in [0, 0.05) is 41.7 Å². The molecule has 1 saturated heterocycles. The van der Waals surface area contributed by atoms with Gasteiger partial charge in [-0.2, -0.15) is 0 Å². The summed E-state index contributed by atoms with van der Waals surface area (Å²) in [7, 11) is 3.23. The summed E-state index contributed by atoms with van der Waals surface area (Å²) in [5, 5.41) is 4.76. The molecule has 0 aliphatic carbocycles. The van der Waals surface area contributed by atoms with Crippen LogP contribution in [0.5, 0.6) is 11.5 Å². The normalized spacial score (nSPS) is 14.3. The number of piperidine rings is 1. The standard InChI is InChI=1S/C25H26N2O4/c1-30-19-7-5-6-18(16-19)26-24(28)17-12-14-27(15-13-17)25(29)22-10-11-23(31-2)21-9-4-3-8-20(21)22/h3-11,16-17H,12-15H2,1-2H3,(H,26,28). The van der Waals surface area contributed by atoms with E-state index in [1.807, 2.05) is 59.5 Å². The van der Waals surface area contributed by atoms with Crippen molar-refractivity contribution in [3.05, 3.63) is 66.2 Å². The second-order valence-corrected chi connectivity index (χ2v) is 7.65. The van der Waals surface area contributed by atoms with E-state index in [1.165, 1.54) is 0 Å². The smallest absolute Gasteiger partial charge is 0.254 e. The third-order valence-corrected chi connectivity index (χ3v) is 5.82. The van der Waals surface area contributed by atoms with Gasteiger partial charge in [0.25, 0.3) is 5.91 Å². The van der Waals surface area contributed by atoms with E-state index in [9.17, 15) is 9.59 Å². The highest BCUT2D eigenvalue weighted by Crippen LogP contribution is 2.30. The molecule has 0 spiro atoms. The van der Waals surface area contributed by atoms with Gasteiger partial charge in [-0.05, 0) is 42.5 Å². The molecule has 0 atom stereocenters. The molecular formula is C25H26N2O4. The monoisotopic (exact) mass is 418 g/mol. The average Bonchev–Trinajstić information content (AvgIpc) is 2.83. The highest BCUT2D eigenvalue weighted by atomic mass is 16.5. The number of carbonyl (C=O) groups is 2. The summed E-state index contributed by atoms with van der Waals surface area (Å²) >= 11 is 0. The number of nitrogens with one attached hydrogen (secondary N) is 1. The van der Waals surface area contributed by atoms with Crippen LogP contribution in [0.2, 0.25) is 0 Å². The van der Waals surface area contributed by atoms with Gasteiger partial charge in [-0.3, -0.25) is 9.59 Å². The van der Waals surface area contributed by atoms with E-state index in [0.717, 1.165) is 16.5 Å². The molecule has 6 heteroatoms. The molecule has 3 aromatic carbocycles. The lowest BCUT2D eigenvalue weighted by Gasteiger charge is -2.31. The number of anilines is 1. The van der Waals surface area contributed by atoms with Crippen molar-refractivity contribution in [2.75, 3.05) is 32.6 Å². The molecule has 0 saturated carbocycles. The summed E-state index contributed by atoms with van der Waals surface area (Å²) in [6, 6.07) is 18.7. The summed E-state index contributed by atoms with van der Waals surface area (Å²) in [6.45, 7) is 1.10. The molecule has 1 heterocycles. The van der Waals surface area contributed by atoms with Gasteiger partial charge in [0.2, 0.25) is 5.91 Å². The zero-order chi connectivity index (χ0) is 21.8. The molecule has 1 aliphatic heterocycles. The van der Waals surface area contributed by atoms with Crippen molar-refractivity contribution in [2.45, 2.75) is 12.8 Å². The quantitative estimate of drug-likeness (QED) is 0.669. The lowest BCUT2D eigenvalue weighted by molar-refractivity contribution is -0.121. The first-order valence-electron chi connectivity index (χ1n) is 10.4. The van der Waals surface area contributed by atoms with Crippen LogP contribution in [-0.2, 0) is 4.79 Å². The van der Waals surface area contributed by atoms with E-state index < -0.39 is 0 Å². The molecule has 31 heavy (non-hydrogen) atoms. The maximum Gasteiger partial charge on any atom is 0.254 e. The van der Waals surface area contributed by atoms with Gasteiger partial charge in [-0.15, -0.1) is 0 Å². The fraction of sp³-hybridized carbons (Fsp3) is 0.280. The summed E-state index contributed by atoms with van der Waals surface area (Å²) in [5.74, 6) is 1.30. The van der Waals surface area contributed by atoms with Crippen LogP contribution in [0.4, 0.5) is 5.69 Å². The Labute approximate surface area is 181 Å². The van der Waals surface area contributed by atoms with E-state index in [2.05, 4.69) is 5.32 Å². The second-order valence-electron chi connectivity index (χ2n) is 7.65. The molecule has 6 nitrogen and oxygen atoms in total. The Morgan fingerprint density at radius 3 is 2.35 bits per heavy atom. The number of benzene rings is 3. The number of hydrogen-bond acceptors (Lipinski definition) is 4. The number of ether oxygens (including phenoxy) is 2. The molecule has 0 aromatic heterocycles. The van der Waals surface area contributed by atoms with Gasteiger partial charge in [0.05, 0.1) is 14.2 Å². The first-order valence-corrected chi connectivity index (χ1v) is 10.4. The number of fused-ring (bicyclic) bond motifs is 1. The van der Waals surface area contributed by atoms with Gasteiger partial charge in [-0.25, -0.2) is 0 Å². The topological polar surface area (TPSA) is 67.9 Å². The zero-order valence-corrected chi connectivity index (χ0v) is 17.8. The van der Waals surface area contributed by atoms with Crippen molar-refractivity contribution >= 4 is 28.3 Å². The first-order chi connectivity index (χ1) is 15.1. The Hall–Kier alpha value is -3.54. The number of carbonyl (C=O) groups excluding carboxylic acids is 2. The van der Waals surface area contributed by atoms with Crippen LogP contribution in [0, 0.1) is 5.92 Å². The van der Waals surface area contributed by atoms with E-state index in [-0.39, 0.29) is 17.7 Å². The number of hydrogen-bond donors (Lipinski definition) is 1. The van der Waals surface area contributed by atoms with Crippen molar-refractivity contribution < 1.29 is 19.1 Å². The van der Waals surface area contributed by atoms with E-state index in [0.29, 0.717) is 42.9 Å². The Morgan fingerprint density at radius 1 is 0.903 bits per heavy atom. The highest BCUT2D eigenvalue weighted by molar-refractivity contribution is 6.08. The van der Waals surface area contributed by atoms with Crippen LogP contribution >= 0.6 is 0 Å². The Balaban J connectivity index is 1.42. The minimum absolute atomic E-state index is 0.00879. The maximum absolute atomic E-state index is 13.2. The summed E-state index contributed by atoms with van der Waals surface area (Å²) in [6.07, 6.45) is 1.27. The van der Waals surface area contributed by atoms with Gasteiger partial charge in [0.15, 0.2) is 0 Å². The predicted molar refractivity (Wildman–Crippen MR) is 121 cm³/mol. The maximum atomic E-state index is 13.2. The number of amides is 2. The highest BCUT2D eigenvalue weighted by Gasteiger charge is 2.28. The number of likely N-dealkylation sites (tertiary alicyclic amines) is 1. The first kappa shape index (κ1) is 20.7. The molecular weight excluding hydrogens is 392 g/mol. The van der Waals surface area contributed by atoms with Crippen molar-refractivity contribution in [1.29, 1.82) is 0 Å². The molecule has 0 radical (unpaired) electrons. The summed E-state index contributed by atoms with van der Waals surface area (Å²) in [5.41, 5.74) is 1.38. The minimum Gasteiger partial charge on any atom is -0.497 e. The molecule has 0 unspecified atom stereocenters. The number of methoxy groups -OCH3 is 2. The van der Waals surface area contributed by atoms with Gasteiger partial charge >= 0.3 is 0 Å². The van der Waals surface area contributed by atoms with Crippen LogP contribution in [-0.4, -0.2) is 44.0 Å². The van der Waals surface area contributed by atoms with Crippen LogP contribution in [0.1, 0.15) is 23.2 Å². The average molecular weight is 418 g/mol. The molecule has 1 N–H and O–H groups in total. The van der Waals surface area contributed by atoms with Gasteiger partial charge in [-0.1, -0.05) is 30.3 Å². The van der Waals surface area contributed by atoms with Gasteiger partial charge < -0.3 is 19.7 Å². The van der Waals surface area contributed by atoms with Crippen molar-refractivity contribution in [1.82, 2.24) is 4.90 Å². The van der Waals surface area contributed by atoms with Crippen LogP contribution < -0.4 is 14.8 Å². The van der Waals surface area contributed by atoms with Crippen molar-refractivity contribution in [3.63, 3.8) is 0 Å². The SMILES string of the molecule is COc1cccc(NC(=O)C2CCN(C(=O)c3ccc(OC)c4ccccc34)CC2)c1. The third-order valence-electron chi connectivity index (χ3n) is 5.82. The molecule has 2 amide bonds. The van der Waals surface area contributed by atoms with Crippen molar-refractivity contribution in [2.24, 2.45) is 5.92 Å². The largest absolute Gasteiger partial charge is 0.497 e. The predicted octanol–water partition coefficient (Wildman–Crippen LogP) is 4.35. The molecule has 3 aromatic rings. The van der Waals surface area contributed by atoms with Crippen molar-refractivity contribution in [3.8, 4) is 11.5 Å². The Morgan fingerprint density at radius 2 is 1.65 bits per heavy atom. The van der Waals surface area contributed by atoms with E-state index >= 15 is 0 Å². The van der Waals surface area contributed by atoms with Crippen LogP contribution in [0.3, 0.4) is 0 Å². The van der Waals surface area contributed by atoms with Crippen LogP contribution in [0.15, 0.2) is 60.7 Å². The van der Waals surface area contributed by atoms with E-state index in [1.54, 1.807) is 20.3 Å². The van der Waals surface area contributed by atoms with E-state index in [4.69, 9.17) is 9.47 Å². The molecule has 1 aliphatic rings.